The van der Waals surface area contributed by atoms with Crippen molar-refractivity contribution in [2.24, 2.45) is 0 Å². The summed E-state index contributed by atoms with van der Waals surface area (Å²) in [6.07, 6.45) is 1.74. The zero-order valence-electron chi connectivity index (χ0n) is 20.1. The monoisotopic (exact) mass is 492 g/mol. The zero-order chi connectivity index (χ0) is 25.1. The first kappa shape index (κ1) is 24.4. The second-order valence-corrected chi connectivity index (χ2v) is 8.62. The van der Waals surface area contributed by atoms with Crippen molar-refractivity contribution in [1.82, 2.24) is 19.8 Å². The average Bonchev–Trinajstić information content (AvgIpc) is 3.33. The summed E-state index contributed by atoms with van der Waals surface area (Å²) in [5.41, 5.74) is 4.82. The van der Waals surface area contributed by atoms with Crippen molar-refractivity contribution in [2.75, 3.05) is 20.3 Å². The third-order valence-corrected chi connectivity index (χ3v) is 6.49. The maximum atomic E-state index is 12.5. The number of hydrogen-bond acceptors (Lipinski definition) is 6. The van der Waals surface area contributed by atoms with E-state index in [1.807, 2.05) is 59.7 Å². The summed E-state index contributed by atoms with van der Waals surface area (Å²) in [6, 6.07) is 14.5. The minimum Gasteiger partial charge on any atom is -0.465 e. The van der Waals surface area contributed by atoms with E-state index in [2.05, 4.69) is 16.4 Å². The number of benzene rings is 1. The van der Waals surface area contributed by atoms with Gasteiger partial charge in [0.2, 0.25) is 0 Å². The molecule has 3 aromatic rings. The van der Waals surface area contributed by atoms with Gasteiger partial charge in [0.25, 0.3) is 0 Å². The van der Waals surface area contributed by atoms with Gasteiger partial charge in [0.05, 0.1) is 42.7 Å². The number of ether oxygens (including phenoxy) is 2. The molecule has 1 aliphatic rings. The first-order chi connectivity index (χ1) is 16.9. The van der Waals surface area contributed by atoms with E-state index >= 15 is 0 Å². The van der Waals surface area contributed by atoms with Crippen LogP contribution < -0.4 is 5.32 Å². The third kappa shape index (κ3) is 4.64. The van der Waals surface area contributed by atoms with Crippen LogP contribution in [0.4, 0.5) is 0 Å². The number of hydrogen-bond donors (Lipinski definition) is 1. The molecule has 0 saturated carbocycles. The Balaban J connectivity index is 1.85. The Morgan fingerprint density at radius 3 is 2.57 bits per heavy atom. The smallest absolute Gasteiger partial charge is 0.339 e. The molecule has 0 spiro atoms. The number of methoxy groups -OCH3 is 1. The van der Waals surface area contributed by atoms with Gasteiger partial charge in [-0.25, -0.2) is 4.79 Å². The van der Waals surface area contributed by atoms with Crippen LogP contribution in [0.25, 0.3) is 5.69 Å². The number of aryl methyl sites for hydroxylation is 1. The van der Waals surface area contributed by atoms with E-state index in [0.717, 1.165) is 28.3 Å². The van der Waals surface area contributed by atoms with Gasteiger partial charge in [-0.1, -0.05) is 18.2 Å². The van der Waals surface area contributed by atoms with Gasteiger partial charge in [0, 0.05) is 17.6 Å². The molecule has 0 amide bonds. The largest absolute Gasteiger partial charge is 0.465 e. The van der Waals surface area contributed by atoms with Crippen molar-refractivity contribution in [2.45, 2.75) is 32.9 Å². The fraction of sp³-hybridized carbons (Fsp3) is 0.308. The molecule has 0 bridgehead atoms. The van der Waals surface area contributed by atoms with Gasteiger partial charge < -0.3 is 24.3 Å². The zero-order valence-corrected chi connectivity index (χ0v) is 21.0. The molecule has 1 aromatic carbocycles. The van der Waals surface area contributed by atoms with Gasteiger partial charge in [-0.05, 0) is 68.9 Å². The van der Waals surface area contributed by atoms with Crippen molar-refractivity contribution in [1.29, 1.82) is 0 Å². The lowest BCUT2D eigenvalue weighted by Gasteiger charge is -2.27. The van der Waals surface area contributed by atoms with E-state index in [0.29, 0.717) is 17.3 Å². The van der Waals surface area contributed by atoms with Crippen molar-refractivity contribution in [3.8, 4) is 5.69 Å². The van der Waals surface area contributed by atoms with Crippen LogP contribution in [0, 0.1) is 13.8 Å². The van der Waals surface area contributed by atoms with Gasteiger partial charge in [-0.3, -0.25) is 9.78 Å². The van der Waals surface area contributed by atoms with Crippen LogP contribution in [0.3, 0.4) is 0 Å². The van der Waals surface area contributed by atoms with Crippen LogP contribution in [-0.2, 0) is 14.3 Å². The molecule has 0 aliphatic carbocycles. The van der Waals surface area contributed by atoms with Crippen LogP contribution in [0.15, 0.2) is 54.7 Å². The second kappa shape index (κ2) is 10.3. The van der Waals surface area contributed by atoms with Gasteiger partial charge in [-0.2, -0.15) is 0 Å². The Hall–Kier alpha value is -3.72. The Morgan fingerprint density at radius 1 is 1.14 bits per heavy atom. The van der Waals surface area contributed by atoms with Crippen LogP contribution in [0.1, 0.15) is 52.0 Å². The van der Waals surface area contributed by atoms with E-state index < -0.39 is 5.97 Å². The molecule has 4 rings (SSSR count). The highest BCUT2D eigenvalue weighted by Crippen LogP contribution is 2.41. The van der Waals surface area contributed by atoms with Crippen molar-refractivity contribution < 1.29 is 19.1 Å². The quantitative estimate of drug-likeness (QED) is 0.394. The lowest BCUT2D eigenvalue weighted by Crippen LogP contribution is -2.35. The first-order valence-corrected chi connectivity index (χ1v) is 11.8. The molecule has 35 heavy (non-hydrogen) atoms. The Morgan fingerprint density at radius 2 is 1.89 bits per heavy atom. The standard InChI is InChI=1S/C26H28N4O4S/c1-5-34-22(31)15-29-24(23(28-26(29)35)20-11-8-9-13-27-20)19-14-16(2)30(17(19)3)21-12-7-6-10-18(21)25(32)33-4/h6-14,23-24H,5,15H2,1-4H3,(H,28,35)/t23-,24-/m0/s1. The molecule has 2 atom stereocenters. The molecule has 9 heteroatoms. The molecule has 3 heterocycles. The SMILES string of the molecule is CCOC(=O)CN1C(=S)N[C@@H](c2ccccn2)[C@@H]1c1cc(C)n(-c2ccccc2C(=O)OC)c1C. The number of nitrogens with zero attached hydrogens (tertiary/aromatic N) is 3. The Bertz CT molecular complexity index is 1260. The lowest BCUT2D eigenvalue weighted by atomic mass is 9.96. The molecular formula is C26H28N4O4S. The van der Waals surface area contributed by atoms with E-state index in [1.165, 1.54) is 7.11 Å². The number of carbonyl (C=O) groups is 2. The highest BCUT2D eigenvalue weighted by molar-refractivity contribution is 7.80. The minimum atomic E-state index is -0.409. The number of pyridine rings is 1. The van der Waals surface area contributed by atoms with E-state index in [9.17, 15) is 9.59 Å². The maximum absolute atomic E-state index is 12.5. The van der Waals surface area contributed by atoms with E-state index in [4.69, 9.17) is 21.7 Å². The summed E-state index contributed by atoms with van der Waals surface area (Å²) < 4.78 is 12.3. The summed E-state index contributed by atoms with van der Waals surface area (Å²) >= 11 is 5.66. The second-order valence-electron chi connectivity index (χ2n) is 8.23. The number of thiocarbonyl (C=S) groups is 1. The van der Waals surface area contributed by atoms with Crippen molar-refractivity contribution in [3.05, 3.63) is 82.9 Å². The van der Waals surface area contributed by atoms with E-state index in [1.54, 1.807) is 19.2 Å². The molecule has 1 N–H and O–H groups in total. The van der Waals surface area contributed by atoms with Crippen LogP contribution in [0.2, 0.25) is 0 Å². The highest BCUT2D eigenvalue weighted by Gasteiger charge is 2.42. The fourth-order valence-electron chi connectivity index (χ4n) is 4.67. The molecule has 1 fully saturated rings. The van der Waals surface area contributed by atoms with Crippen molar-refractivity contribution in [3.63, 3.8) is 0 Å². The van der Waals surface area contributed by atoms with Gasteiger partial charge in [0.15, 0.2) is 5.11 Å². The highest BCUT2D eigenvalue weighted by atomic mass is 32.1. The molecule has 8 nitrogen and oxygen atoms in total. The number of para-hydroxylation sites is 1. The van der Waals surface area contributed by atoms with Crippen LogP contribution in [-0.4, -0.2) is 51.8 Å². The molecule has 2 aromatic heterocycles. The average molecular weight is 493 g/mol. The van der Waals surface area contributed by atoms with Crippen molar-refractivity contribution >= 4 is 29.3 Å². The van der Waals surface area contributed by atoms with Gasteiger partial charge in [0.1, 0.15) is 6.54 Å². The number of aromatic nitrogens is 2. The summed E-state index contributed by atoms with van der Waals surface area (Å²) in [7, 11) is 1.37. The molecular weight excluding hydrogens is 464 g/mol. The third-order valence-electron chi connectivity index (χ3n) is 6.14. The molecule has 0 radical (unpaired) electrons. The van der Waals surface area contributed by atoms with Crippen LogP contribution >= 0.6 is 12.2 Å². The normalized spacial score (nSPS) is 17.3. The number of carbonyl (C=O) groups excluding carboxylic acids is 2. The molecule has 0 unspecified atom stereocenters. The minimum absolute atomic E-state index is 0.0100. The number of rotatable bonds is 7. The van der Waals surface area contributed by atoms with Crippen LogP contribution in [0.5, 0.6) is 0 Å². The van der Waals surface area contributed by atoms with E-state index in [-0.39, 0.29) is 24.6 Å². The summed E-state index contributed by atoms with van der Waals surface area (Å²) in [5, 5.41) is 3.81. The molecule has 1 aliphatic heterocycles. The summed E-state index contributed by atoms with van der Waals surface area (Å²) in [4.78, 5) is 31.4. The van der Waals surface area contributed by atoms with Gasteiger partial charge >= 0.3 is 11.9 Å². The number of nitrogens with one attached hydrogen (secondary N) is 1. The Kier molecular flexibility index (Phi) is 7.16. The number of esters is 2. The molecule has 1 saturated heterocycles. The Labute approximate surface area is 209 Å². The maximum Gasteiger partial charge on any atom is 0.339 e. The summed E-state index contributed by atoms with van der Waals surface area (Å²) in [5.74, 6) is -0.762. The topological polar surface area (TPSA) is 85.7 Å². The fourth-order valence-corrected chi connectivity index (χ4v) is 4.97. The molecule has 182 valence electrons. The predicted molar refractivity (Wildman–Crippen MR) is 135 cm³/mol. The summed E-state index contributed by atoms with van der Waals surface area (Å²) in [6.45, 7) is 6.06. The first-order valence-electron chi connectivity index (χ1n) is 11.4. The van der Waals surface area contributed by atoms with Gasteiger partial charge in [-0.15, -0.1) is 0 Å². The predicted octanol–water partition coefficient (Wildman–Crippen LogP) is 3.81. The lowest BCUT2D eigenvalue weighted by molar-refractivity contribution is -0.143.